The molecule has 0 aliphatic rings. The summed E-state index contributed by atoms with van der Waals surface area (Å²) in [6.45, 7) is 4.97. The van der Waals surface area contributed by atoms with Crippen LogP contribution in [0.25, 0.3) is 0 Å². The van der Waals surface area contributed by atoms with Crippen LogP contribution < -0.4 is 5.32 Å². The number of hydrogen-bond acceptors (Lipinski definition) is 5. The van der Waals surface area contributed by atoms with Crippen molar-refractivity contribution in [3.8, 4) is 0 Å². The second-order valence-corrected chi connectivity index (χ2v) is 21.1. The summed E-state index contributed by atoms with van der Waals surface area (Å²) in [4.78, 5) is 24.5. The lowest BCUT2D eigenvalue weighted by molar-refractivity contribution is -0.143. The summed E-state index contributed by atoms with van der Waals surface area (Å²) in [5, 5.41) is 23.2. The molecule has 0 aliphatic carbocycles. The van der Waals surface area contributed by atoms with E-state index in [2.05, 4.69) is 19.2 Å². The monoisotopic (exact) mass is 934 g/mol. The Labute approximate surface area is 413 Å². The van der Waals surface area contributed by atoms with E-state index in [1.54, 1.807) is 0 Å². The smallest absolute Gasteiger partial charge is 0.305 e. The van der Waals surface area contributed by atoms with Crippen LogP contribution in [0.4, 0.5) is 0 Å². The van der Waals surface area contributed by atoms with Crippen LogP contribution in [0.2, 0.25) is 0 Å². The number of aliphatic hydroxyl groups is 2. The Morgan fingerprint density at radius 2 is 0.621 bits per heavy atom. The minimum absolute atomic E-state index is 0.0147. The van der Waals surface area contributed by atoms with E-state index in [1.165, 1.54) is 276 Å². The van der Waals surface area contributed by atoms with E-state index in [0.29, 0.717) is 25.9 Å². The van der Waals surface area contributed by atoms with Gasteiger partial charge in [0.2, 0.25) is 5.91 Å². The van der Waals surface area contributed by atoms with Crippen molar-refractivity contribution in [2.75, 3.05) is 13.2 Å². The molecular weight excluding hydrogens is 815 g/mol. The Kier molecular flexibility index (Phi) is 55.5. The lowest BCUT2D eigenvalue weighted by Crippen LogP contribution is -2.45. The maximum atomic E-state index is 12.4. The molecule has 0 saturated carbocycles. The summed E-state index contributed by atoms with van der Waals surface area (Å²) in [5.74, 6) is -0.0221. The van der Waals surface area contributed by atoms with E-state index in [0.717, 1.165) is 38.5 Å². The topological polar surface area (TPSA) is 95.9 Å². The Morgan fingerprint density at radius 3 is 0.924 bits per heavy atom. The molecule has 0 heterocycles. The normalized spacial score (nSPS) is 12.5. The highest BCUT2D eigenvalue weighted by Crippen LogP contribution is 2.18. The number of esters is 1. The molecule has 2 atom stereocenters. The molecular formula is C60H119NO5. The summed E-state index contributed by atoms with van der Waals surface area (Å²) in [6, 6.07) is -0.541. The van der Waals surface area contributed by atoms with Crippen LogP contribution in [0.5, 0.6) is 0 Å². The Bertz CT molecular complexity index is 944. The maximum Gasteiger partial charge on any atom is 0.305 e. The first-order chi connectivity index (χ1) is 32.5. The van der Waals surface area contributed by atoms with Crippen molar-refractivity contribution < 1.29 is 24.5 Å². The van der Waals surface area contributed by atoms with Crippen molar-refractivity contribution in [2.45, 2.75) is 360 Å². The molecule has 394 valence electrons. The minimum atomic E-state index is -0.663. The van der Waals surface area contributed by atoms with Gasteiger partial charge in [-0.1, -0.05) is 309 Å². The second-order valence-electron chi connectivity index (χ2n) is 21.1. The average Bonchev–Trinajstić information content (AvgIpc) is 3.32. The first-order valence-corrected chi connectivity index (χ1v) is 30.3. The van der Waals surface area contributed by atoms with E-state index in [4.69, 9.17) is 4.74 Å². The molecule has 0 aliphatic heterocycles. The first-order valence-electron chi connectivity index (χ1n) is 30.3. The molecule has 0 spiro atoms. The zero-order valence-electron chi connectivity index (χ0n) is 45.0. The number of rotatable bonds is 57. The number of hydrogen-bond donors (Lipinski definition) is 3. The van der Waals surface area contributed by atoms with Gasteiger partial charge in [-0.2, -0.15) is 0 Å². The second kappa shape index (κ2) is 56.4. The third-order valence-electron chi connectivity index (χ3n) is 14.4. The average molecular weight is 935 g/mol. The molecule has 0 aromatic heterocycles. The third-order valence-corrected chi connectivity index (χ3v) is 14.4. The zero-order valence-corrected chi connectivity index (χ0v) is 45.0. The fourth-order valence-electron chi connectivity index (χ4n) is 9.76. The van der Waals surface area contributed by atoms with Gasteiger partial charge in [0, 0.05) is 12.8 Å². The number of carbonyl (C=O) groups excluding carboxylic acids is 2. The van der Waals surface area contributed by atoms with Gasteiger partial charge in [0.05, 0.1) is 25.4 Å². The van der Waals surface area contributed by atoms with Gasteiger partial charge >= 0.3 is 5.97 Å². The third kappa shape index (κ3) is 52.2. The molecule has 0 aromatic rings. The Morgan fingerprint density at radius 1 is 0.364 bits per heavy atom. The molecule has 2 unspecified atom stereocenters. The Balaban J connectivity index is 3.34. The molecule has 6 heteroatoms. The fraction of sp³-hybridized carbons (Fsp3) is 0.967. The summed E-state index contributed by atoms with van der Waals surface area (Å²) in [6.07, 6.45) is 65.4. The van der Waals surface area contributed by atoms with E-state index in [9.17, 15) is 19.8 Å². The maximum absolute atomic E-state index is 12.4. The van der Waals surface area contributed by atoms with Gasteiger partial charge in [0.15, 0.2) is 0 Å². The molecule has 0 bridgehead atoms. The summed E-state index contributed by atoms with van der Waals surface area (Å²) in [5.41, 5.74) is 0. The lowest BCUT2D eigenvalue weighted by atomic mass is 10.0. The number of ether oxygens (including phenoxy) is 1. The van der Waals surface area contributed by atoms with E-state index >= 15 is 0 Å². The molecule has 3 N–H and O–H groups in total. The van der Waals surface area contributed by atoms with Gasteiger partial charge in [0.25, 0.3) is 0 Å². The van der Waals surface area contributed by atoms with Crippen LogP contribution in [-0.2, 0) is 14.3 Å². The summed E-state index contributed by atoms with van der Waals surface area (Å²) >= 11 is 0. The van der Waals surface area contributed by atoms with E-state index in [-0.39, 0.29) is 18.5 Å². The molecule has 0 saturated heterocycles. The number of nitrogens with one attached hydrogen (secondary N) is 1. The van der Waals surface area contributed by atoms with Crippen LogP contribution in [0.3, 0.4) is 0 Å². The van der Waals surface area contributed by atoms with Gasteiger partial charge in [-0.25, -0.2) is 0 Å². The number of carbonyl (C=O) groups is 2. The molecule has 1 amide bonds. The predicted molar refractivity (Wildman–Crippen MR) is 287 cm³/mol. The molecule has 6 nitrogen and oxygen atoms in total. The Hall–Kier alpha value is -1.14. The highest BCUT2D eigenvalue weighted by Gasteiger charge is 2.20. The van der Waals surface area contributed by atoms with Gasteiger partial charge in [-0.05, 0) is 25.7 Å². The van der Waals surface area contributed by atoms with Crippen LogP contribution >= 0.6 is 0 Å². The number of amides is 1. The van der Waals surface area contributed by atoms with Crippen molar-refractivity contribution in [3.63, 3.8) is 0 Å². The quantitative estimate of drug-likeness (QED) is 0.0417. The fourth-order valence-corrected chi connectivity index (χ4v) is 9.76. The van der Waals surface area contributed by atoms with Crippen LogP contribution in [-0.4, -0.2) is 47.4 Å². The SMILES string of the molecule is CCCCCCCCCCCCCCCCCCCCCC(=O)OCCCCCCCCCCCCCCCCCCCCCC(=O)NC(CO)C(O)CCCCCCCCCCCCC. The van der Waals surface area contributed by atoms with Crippen molar-refractivity contribution >= 4 is 11.9 Å². The molecule has 0 radical (unpaired) electrons. The summed E-state index contributed by atoms with van der Waals surface area (Å²) < 4.78 is 5.50. The van der Waals surface area contributed by atoms with Crippen LogP contribution in [0.1, 0.15) is 348 Å². The van der Waals surface area contributed by atoms with Crippen molar-refractivity contribution in [1.29, 1.82) is 0 Å². The van der Waals surface area contributed by atoms with Gasteiger partial charge < -0.3 is 20.3 Å². The largest absolute Gasteiger partial charge is 0.466 e. The highest BCUT2D eigenvalue weighted by molar-refractivity contribution is 5.76. The minimum Gasteiger partial charge on any atom is -0.466 e. The van der Waals surface area contributed by atoms with E-state index in [1.807, 2.05) is 0 Å². The summed E-state index contributed by atoms with van der Waals surface area (Å²) in [7, 11) is 0. The molecule has 0 fully saturated rings. The van der Waals surface area contributed by atoms with Gasteiger partial charge in [0.1, 0.15) is 0 Å². The standard InChI is InChI=1S/C60H119NO5/c1-3-5-7-9-11-13-15-16-17-18-20-24-27-30-34-38-42-46-50-54-60(65)66-55-51-47-43-39-35-31-28-25-22-19-21-23-26-29-33-37-41-45-49-53-59(64)61-57(56-62)58(63)52-48-44-40-36-32-14-12-10-8-6-4-2/h57-58,62-63H,3-56H2,1-2H3,(H,61,64). The van der Waals surface area contributed by atoms with Crippen molar-refractivity contribution in [1.82, 2.24) is 5.32 Å². The first kappa shape index (κ1) is 64.9. The predicted octanol–water partition coefficient (Wildman–Crippen LogP) is 18.7. The lowest BCUT2D eigenvalue weighted by Gasteiger charge is -2.22. The molecule has 66 heavy (non-hydrogen) atoms. The van der Waals surface area contributed by atoms with Crippen LogP contribution in [0.15, 0.2) is 0 Å². The van der Waals surface area contributed by atoms with Crippen molar-refractivity contribution in [2.24, 2.45) is 0 Å². The number of unbranched alkanes of at least 4 members (excludes halogenated alkanes) is 46. The number of aliphatic hydroxyl groups excluding tert-OH is 2. The molecule has 0 aromatic carbocycles. The van der Waals surface area contributed by atoms with Crippen molar-refractivity contribution in [3.05, 3.63) is 0 Å². The van der Waals surface area contributed by atoms with Gasteiger partial charge in [-0.15, -0.1) is 0 Å². The van der Waals surface area contributed by atoms with E-state index < -0.39 is 12.1 Å². The zero-order chi connectivity index (χ0) is 47.9. The molecule has 0 rings (SSSR count). The van der Waals surface area contributed by atoms with Crippen LogP contribution in [0, 0.1) is 0 Å². The highest BCUT2D eigenvalue weighted by atomic mass is 16.5. The van der Waals surface area contributed by atoms with Gasteiger partial charge in [-0.3, -0.25) is 9.59 Å².